The van der Waals surface area contributed by atoms with Crippen molar-refractivity contribution in [2.75, 3.05) is 33.3 Å². The Bertz CT molecular complexity index is 998. The number of ether oxygens (including phenoxy) is 3. The van der Waals surface area contributed by atoms with E-state index >= 15 is 0 Å². The van der Waals surface area contributed by atoms with Crippen LogP contribution < -0.4 is 24.7 Å². The number of aryl methyl sites for hydroxylation is 1. The smallest absolute Gasteiger partial charge is 0.275 e. The highest BCUT2D eigenvalue weighted by atomic mass is 32.1. The molecule has 9 heteroatoms. The molecule has 2 aromatic heterocycles. The normalized spacial score (nSPS) is 10.8. The Balaban J connectivity index is 1.96. The minimum Gasteiger partial charge on any atom is -0.493 e. The van der Waals surface area contributed by atoms with Crippen LogP contribution in [-0.2, 0) is 6.54 Å². The monoisotopic (exact) mass is 376 g/mol. The Morgan fingerprint density at radius 1 is 1.15 bits per heavy atom. The van der Waals surface area contributed by atoms with E-state index in [-0.39, 0.29) is 5.56 Å². The maximum Gasteiger partial charge on any atom is 0.275 e. The van der Waals surface area contributed by atoms with Crippen LogP contribution >= 0.6 is 11.3 Å². The zero-order chi connectivity index (χ0) is 18.8. The summed E-state index contributed by atoms with van der Waals surface area (Å²) in [6.07, 6.45) is 0. The summed E-state index contributed by atoms with van der Waals surface area (Å²) >= 11 is 1.35. The zero-order valence-electron chi connectivity index (χ0n) is 15.3. The second-order valence-electron chi connectivity index (χ2n) is 5.66. The molecule has 0 saturated heterocycles. The third kappa shape index (κ3) is 3.17. The topological polar surface area (TPSA) is 78.2 Å². The fraction of sp³-hybridized carbons (Fsp3) is 0.353. The molecule has 0 spiro atoms. The number of anilines is 1. The van der Waals surface area contributed by atoms with Crippen molar-refractivity contribution >= 4 is 21.4 Å². The van der Waals surface area contributed by atoms with E-state index in [0.29, 0.717) is 39.6 Å². The van der Waals surface area contributed by atoms with Crippen molar-refractivity contribution < 1.29 is 14.2 Å². The van der Waals surface area contributed by atoms with E-state index in [9.17, 15) is 4.79 Å². The van der Waals surface area contributed by atoms with Crippen LogP contribution in [0.1, 0.15) is 11.3 Å². The molecule has 8 nitrogen and oxygen atoms in total. The van der Waals surface area contributed by atoms with E-state index in [2.05, 4.69) is 10.1 Å². The van der Waals surface area contributed by atoms with Crippen LogP contribution in [0.3, 0.4) is 0 Å². The van der Waals surface area contributed by atoms with Gasteiger partial charge in [0.2, 0.25) is 15.8 Å². The molecule has 0 bridgehead atoms. The largest absolute Gasteiger partial charge is 0.493 e. The third-order valence-corrected chi connectivity index (χ3v) is 4.90. The number of benzene rings is 1. The van der Waals surface area contributed by atoms with E-state index < -0.39 is 0 Å². The molecule has 0 fully saturated rings. The van der Waals surface area contributed by atoms with Gasteiger partial charge < -0.3 is 19.1 Å². The fourth-order valence-corrected chi connectivity index (χ4v) is 3.59. The van der Waals surface area contributed by atoms with E-state index in [1.165, 1.54) is 21.9 Å². The molecule has 3 aromatic rings. The average molecular weight is 376 g/mol. The maximum atomic E-state index is 12.0. The van der Waals surface area contributed by atoms with Crippen molar-refractivity contribution in [3.8, 4) is 17.2 Å². The van der Waals surface area contributed by atoms with E-state index in [1.807, 2.05) is 24.1 Å². The molecule has 0 aliphatic carbocycles. The fourth-order valence-electron chi connectivity index (χ4n) is 2.68. The Kier molecular flexibility index (Phi) is 4.99. The van der Waals surface area contributed by atoms with Crippen LogP contribution in [0.15, 0.2) is 23.0 Å². The Labute approximate surface area is 154 Å². The summed E-state index contributed by atoms with van der Waals surface area (Å²) in [5, 5.41) is 5.05. The van der Waals surface area contributed by atoms with E-state index in [1.54, 1.807) is 28.3 Å². The molecule has 0 aliphatic heterocycles. The van der Waals surface area contributed by atoms with E-state index in [4.69, 9.17) is 14.2 Å². The highest BCUT2D eigenvalue weighted by molar-refractivity contribution is 7.20. The molecular weight excluding hydrogens is 356 g/mol. The first-order valence-electron chi connectivity index (χ1n) is 7.85. The molecule has 0 unspecified atom stereocenters. The van der Waals surface area contributed by atoms with Gasteiger partial charge in [0.05, 0.1) is 21.3 Å². The molecule has 0 aliphatic rings. The van der Waals surface area contributed by atoms with Crippen LogP contribution in [0, 0.1) is 6.92 Å². The summed E-state index contributed by atoms with van der Waals surface area (Å²) in [7, 11) is 6.63. The SMILES string of the molecule is COc1ccc(CN(C)c2nn3c(=O)cc(C)nc3s2)c(OC)c1OC. The number of nitrogens with zero attached hydrogens (tertiary/aromatic N) is 4. The average Bonchev–Trinajstić information content (AvgIpc) is 3.05. The van der Waals surface area contributed by atoms with Gasteiger partial charge in [-0.15, -0.1) is 5.10 Å². The summed E-state index contributed by atoms with van der Waals surface area (Å²) in [5.74, 6) is 1.74. The highest BCUT2D eigenvalue weighted by Crippen LogP contribution is 2.40. The summed E-state index contributed by atoms with van der Waals surface area (Å²) in [6, 6.07) is 5.21. The molecule has 0 saturated carbocycles. The quantitative estimate of drug-likeness (QED) is 0.652. The van der Waals surface area contributed by atoms with Gasteiger partial charge in [0.15, 0.2) is 11.5 Å². The van der Waals surface area contributed by atoms with Gasteiger partial charge in [-0.2, -0.15) is 4.52 Å². The first-order chi connectivity index (χ1) is 12.5. The van der Waals surface area contributed by atoms with E-state index in [0.717, 1.165) is 5.56 Å². The van der Waals surface area contributed by atoms with Gasteiger partial charge in [-0.05, 0) is 19.1 Å². The number of fused-ring (bicyclic) bond motifs is 1. The first kappa shape index (κ1) is 18.0. The highest BCUT2D eigenvalue weighted by Gasteiger charge is 2.18. The molecule has 0 amide bonds. The number of rotatable bonds is 6. The van der Waals surface area contributed by atoms with Crippen LogP contribution in [0.2, 0.25) is 0 Å². The number of hydrogen-bond donors (Lipinski definition) is 0. The Morgan fingerprint density at radius 2 is 1.88 bits per heavy atom. The molecule has 138 valence electrons. The predicted octanol–water partition coefficient (Wildman–Crippen LogP) is 2.12. The summed E-state index contributed by atoms with van der Waals surface area (Å²) in [5.41, 5.74) is 1.39. The Morgan fingerprint density at radius 3 is 2.54 bits per heavy atom. The second kappa shape index (κ2) is 7.20. The van der Waals surface area contributed by atoms with Gasteiger partial charge in [-0.1, -0.05) is 11.3 Å². The molecular formula is C17H20N4O4S. The zero-order valence-corrected chi connectivity index (χ0v) is 16.1. The molecule has 2 heterocycles. The van der Waals surface area contributed by atoms with Gasteiger partial charge in [0.1, 0.15) is 0 Å². The summed E-state index contributed by atoms with van der Waals surface area (Å²) < 4.78 is 17.6. The number of methoxy groups -OCH3 is 3. The van der Waals surface area contributed by atoms with Gasteiger partial charge in [-0.25, -0.2) is 4.98 Å². The summed E-state index contributed by atoms with van der Waals surface area (Å²) in [6.45, 7) is 2.30. The van der Waals surface area contributed by atoms with Gasteiger partial charge in [0, 0.05) is 30.9 Å². The van der Waals surface area contributed by atoms with Gasteiger partial charge >= 0.3 is 0 Å². The van der Waals surface area contributed by atoms with Gasteiger partial charge in [0.25, 0.3) is 5.56 Å². The van der Waals surface area contributed by atoms with Crippen molar-refractivity contribution in [3.05, 3.63) is 39.8 Å². The lowest BCUT2D eigenvalue weighted by molar-refractivity contribution is 0.322. The molecule has 0 N–H and O–H groups in total. The maximum absolute atomic E-state index is 12.0. The van der Waals surface area contributed by atoms with Crippen LogP contribution in [-0.4, -0.2) is 43.0 Å². The molecule has 0 atom stereocenters. The second-order valence-corrected chi connectivity index (χ2v) is 6.60. The van der Waals surface area contributed by atoms with Crippen molar-refractivity contribution in [1.82, 2.24) is 14.6 Å². The van der Waals surface area contributed by atoms with Crippen molar-refractivity contribution in [1.29, 1.82) is 0 Å². The standard InChI is InChI=1S/C17H20N4O4S/c1-10-8-13(22)21-16(18-10)26-17(19-21)20(2)9-11-6-7-12(23-3)15(25-5)14(11)24-4/h6-8H,9H2,1-5H3. The van der Waals surface area contributed by atoms with Gasteiger partial charge in [-0.3, -0.25) is 4.79 Å². The van der Waals surface area contributed by atoms with Crippen LogP contribution in [0.4, 0.5) is 5.13 Å². The lowest BCUT2D eigenvalue weighted by atomic mass is 10.1. The first-order valence-corrected chi connectivity index (χ1v) is 8.66. The minimum atomic E-state index is -0.188. The van der Waals surface area contributed by atoms with Crippen molar-refractivity contribution in [2.45, 2.75) is 13.5 Å². The number of aromatic nitrogens is 3. The lowest BCUT2D eigenvalue weighted by Gasteiger charge is -2.20. The molecule has 3 rings (SSSR count). The predicted molar refractivity (Wildman–Crippen MR) is 100 cm³/mol. The minimum absolute atomic E-state index is 0.188. The van der Waals surface area contributed by atoms with Crippen molar-refractivity contribution in [2.24, 2.45) is 0 Å². The Hall–Kier alpha value is -2.81. The molecule has 1 aromatic carbocycles. The molecule has 0 radical (unpaired) electrons. The third-order valence-electron chi connectivity index (χ3n) is 3.88. The van der Waals surface area contributed by atoms with Crippen LogP contribution in [0.25, 0.3) is 4.96 Å². The molecule has 26 heavy (non-hydrogen) atoms. The number of hydrogen-bond acceptors (Lipinski definition) is 8. The van der Waals surface area contributed by atoms with Crippen molar-refractivity contribution in [3.63, 3.8) is 0 Å². The summed E-state index contributed by atoms with van der Waals surface area (Å²) in [4.78, 5) is 18.9. The lowest BCUT2D eigenvalue weighted by Crippen LogP contribution is -2.19. The van der Waals surface area contributed by atoms with Crippen LogP contribution in [0.5, 0.6) is 17.2 Å².